The molecule has 1 aliphatic carbocycles. The quantitative estimate of drug-likeness (QED) is 0.486. The van der Waals surface area contributed by atoms with Crippen molar-refractivity contribution in [2.24, 2.45) is 11.8 Å². The predicted octanol–water partition coefficient (Wildman–Crippen LogP) is 4.47. The van der Waals surface area contributed by atoms with Gasteiger partial charge in [0.05, 0.1) is 21.5 Å². The summed E-state index contributed by atoms with van der Waals surface area (Å²) >= 11 is 1.68. The lowest BCUT2D eigenvalue weighted by atomic mass is 10.0. The first-order valence-corrected chi connectivity index (χ1v) is 12.4. The van der Waals surface area contributed by atoms with Crippen LogP contribution in [0.1, 0.15) is 37.8 Å². The van der Waals surface area contributed by atoms with Gasteiger partial charge in [-0.2, -0.15) is 4.98 Å². The zero-order valence-electron chi connectivity index (χ0n) is 18.5. The van der Waals surface area contributed by atoms with Gasteiger partial charge in [0.2, 0.25) is 5.95 Å². The van der Waals surface area contributed by atoms with Gasteiger partial charge < -0.3 is 20.5 Å². The second-order valence-electron chi connectivity index (χ2n) is 8.98. The maximum atomic E-state index is 9.56. The number of nitrogens with zero attached hydrogens (tertiary/aromatic N) is 3. The van der Waals surface area contributed by atoms with Crippen molar-refractivity contribution in [3.8, 4) is 10.6 Å². The highest BCUT2D eigenvalue weighted by Crippen LogP contribution is 2.37. The van der Waals surface area contributed by atoms with E-state index < -0.39 is 0 Å². The van der Waals surface area contributed by atoms with E-state index in [0.29, 0.717) is 23.8 Å². The Labute approximate surface area is 192 Å². The fourth-order valence-corrected chi connectivity index (χ4v) is 5.81. The van der Waals surface area contributed by atoms with Crippen molar-refractivity contribution in [3.63, 3.8) is 0 Å². The summed E-state index contributed by atoms with van der Waals surface area (Å²) in [6.45, 7) is 4.83. The maximum Gasteiger partial charge on any atom is 0.224 e. The van der Waals surface area contributed by atoms with E-state index in [0.717, 1.165) is 84.2 Å². The molecule has 170 valence electrons. The molecule has 1 saturated heterocycles. The number of hydrogen-bond acceptors (Lipinski definition) is 8. The minimum Gasteiger partial charge on any atom is -0.396 e. The Bertz CT molecular complexity index is 1030. The number of fused-ring (bicyclic) bond motifs is 1. The maximum absolute atomic E-state index is 9.56. The van der Waals surface area contributed by atoms with E-state index in [9.17, 15) is 5.11 Å². The van der Waals surface area contributed by atoms with Gasteiger partial charge in [-0.25, -0.2) is 9.97 Å². The van der Waals surface area contributed by atoms with Crippen LogP contribution in [0.25, 0.3) is 20.8 Å². The van der Waals surface area contributed by atoms with Gasteiger partial charge in [0, 0.05) is 32.4 Å². The van der Waals surface area contributed by atoms with Gasteiger partial charge in [0.25, 0.3) is 0 Å². The van der Waals surface area contributed by atoms with E-state index >= 15 is 0 Å². The number of aromatic nitrogens is 3. The minimum absolute atomic E-state index is 0.254. The summed E-state index contributed by atoms with van der Waals surface area (Å²) in [4.78, 5) is 14.6. The van der Waals surface area contributed by atoms with E-state index in [2.05, 4.69) is 16.7 Å². The number of rotatable bonds is 7. The van der Waals surface area contributed by atoms with Crippen molar-refractivity contribution in [3.05, 3.63) is 30.0 Å². The third-order valence-electron chi connectivity index (χ3n) is 6.63. The molecule has 2 fully saturated rings. The fraction of sp³-hybridized carbons (Fsp3) is 0.542. The SMILES string of the molecule is Cc1nc(NCC2CCOCC2)nc(N[C@H]2CC[C@@H](CO)C2)c1-c1nc2ccccc2s1. The Kier molecular flexibility index (Phi) is 6.52. The summed E-state index contributed by atoms with van der Waals surface area (Å²) in [6.07, 6.45) is 5.20. The van der Waals surface area contributed by atoms with Crippen LogP contribution in [-0.2, 0) is 4.74 Å². The topological polar surface area (TPSA) is 92.2 Å². The lowest BCUT2D eigenvalue weighted by molar-refractivity contribution is 0.0699. The molecule has 3 aromatic rings. The third kappa shape index (κ3) is 4.72. The molecule has 32 heavy (non-hydrogen) atoms. The monoisotopic (exact) mass is 453 g/mol. The zero-order chi connectivity index (χ0) is 21.9. The first kappa shape index (κ1) is 21.6. The predicted molar refractivity (Wildman–Crippen MR) is 129 cm³/mol. The molecule has 1 aromatic carbocycles. The molecule has 0 radical (unpaired) electrons. The Hall–Kier alpha value is -2.29. The van der Waals surface area contributed by atoms with Crippen LogP contribution in [0, 0.1) is 18.8 Å². The van der Waals surface area contributed by atoms with Gasteiger partial charge >= 0.3 is 0 Å². The molecule has 7 nitrogen and oxygen atoms in total. The number of aliphatic hydroxyl groups is 1. The van der Waals surface area contributed by atoms with E-state index in [-0.39, 0.29) is 6.61 Å². The van der Waals surface area contributed by atoms with Crippen LogP contribution in [-0.4, -0.2) is 52.5 Å². The molecular weight excluding hydrogens is 422 g/mol. The summed E-state index contributed by atoms with van der Waals surface area (Å²) in [5, 5.41) is 17.7. The lowest BCUT2D eigenvalue weighted by Gasteiger charge is -2.23. The van der Waals surface area contributed by atoms with Gasteiger partial charge in [-0.3, -0.25) is 0 Å². The van der Waals surface area contributed by atoms with Crippen LogP contribution in [0.2, 0.25) is 0 Å². The smallest absolute Gasteiger partial charge is 0.224 e. The molecule has 0 unspecified atom stereocenters. The van der Waals surface area contributed by atoms with Gasteiger partial charge in [-0.15, -0.1) is 11.3 Å². The molecule has 3 heterocycles. The van der Waals surface area contributed by atoms with E-state index in [1.165, 1.54) is 0 Å². The van der Waals surface area contributed by atoms with Crippen molar-refractivity contribution in [1.82, 2.24) is 15.0 Å². The molecule has 2 atom stereocenters. The number of thiazole rings is 1. The Balaban J connectivity index is 1.45. The van der Waals surface area contributed by atoms with Crippen LogP contribution in [0.15, 0.2) is 24.3 Å². The average Bonchev–Trinajstić information content (AvgIpc) is 3.44. The normalized spacial score (nSPS) is 21.8. The Morgan fingerprint density at radius 3 is 2.69 bits per heavy atom. The van der Waals surface area contributed by atoms with Gasteiger partial charge in [-0.05, 0) is 63.0 Å². The number of benzene rings is 1. The largest absolute Gasteiger partial charge is 0.396 e. The van der Waals surface area contributed by atoms with E-state index in [1.54, 1.807) is 11.3 Å². The Morgan fingerprint density at radius 2 is 1.91 bits per heavy atom. The van der Waals surface area contributed by atoms with Crippen molar-refractivity contribution in [2.75, 3.05) is 37.0 Å². The van der Waals surface area contributed by atoms with Crippen LogP contribution in [0.4, 0.5) is 11.8 Å². The summed E-state index contributed by atoms with van der Waals surface area (Å²) in [5.74, 6) is 2.47. The molecule has 1 aliphatic heterocycles. The van der Waals surface area contributed by atoms with Crippen LogP contribution in [0.3, 0.4) is 0 Å². The molecule has 2 aromatic heterocycles. The number of para-hydroxylation sites is 1. The molecule has 2 aliphatic rings. The lowest BCUT2D eigenvalue weighted by Crippen LogP contribution is -2.24. The van der Waals surface area contributed by atoms with E-state index in [1.807, 2.05) is 25.1 Å². The van der Waals surface area contributed by atoms with Gasteiger partial charge in [0.1, 0.15) is 10.8 Å². The highest BCUT2D eigenvalue weighted by Gasteiger charge is 2.27. The minimum atomic E-state index is 0.254. The second-order valence-corrected chi connectivity index (χ2v) is 10.0. The highest BCUT2D eigenvalue weighted by atomic mass is 32.1. The number of ether oxygens (including phenoxy) is 1. The van der Waals surface area contributed by atoms with Crippen LogP contribution >= 0.6 is 11.3 Å². The first-order chi connectivity index (χ1) is 15.7. The summed E-state index contributed by atoms with van der Waals surface area (Å²) < 4.78 is 6.64. The van der Waals surface area contributed by atoms with Crippen molar-refractivity contribution >= 4 is 33.3 Å². The molecule has 0 spiro atoms. The van der Waals surface area contributed by atoms with Crippen LogP contribution < -0.4 is 10.6 Å². The second kappa shape index (κ2) is 9.68. The summed E-state index contributed by atoms with van der Waals surface area (Å²) in [6, 6.07) is 8.52. The molecule has 0 bridgehead atoms. The number of anilines is 2. The number of aliphatic hydroxyl groups excluding tert-OH is 1. The number of aryl methyl sites for hydroxylation is 1. The standard InChI is InChI=1S/C24H31N5O2S/c1-15-21(23-28-19-4-2-3-5-20(19)32-23)22(27-18-7-6-17(12-18)14-30)29-24(26-15)25-13-16-8-10-31-11-9-16/h2-5,16-18,30H,6-14H2,1H3,(H2,25,26,27,29)/t17-,18+/m1/s1. The number of nitrogens with one attached hydrogen (secondary N) is 2. The van der Waals surface area contributed by atoms with Gasteiger partial charge in [0.15, 0.2) is 0 Å². The highest BCUT2D eigenvalue weighted by molar-refractivity contribution is 7.21. The molecule has 1 saturated carbocycles. The van der Waals surface area contributed by atoms with Crippen molar-refractivity contribution in [2.45, 2.75) is 45.1 Å². The summed E-state index contributed by atoms with van der Waals surface area (Å²) in [5.41, 5.74) is 2.91. The van der Waals surface area contributed by atoms with Crippen molar-refractivity contribution in [1.29, 1.82) is 0 Å². The van der Waals surface area contributed by atoms with Crippen molar-refractivity contribution < 1.29 is 9.84 Å². The molecule has 0 amide bonds. The van der Waals surface area contributed by atoms with E-state index in [4.69, 9.17) is 19.7 Å². The molecule has 5 rings (SSSR count). The zero-order valence-corrected chi connectivity index (χ0v) is 19.3. The summed E-state index contributed by atoms with van der Waals surface area (Å²) in [7, 11) is 0. The third-order valence-corrected chi connectivity index (χ3v) is 7.68. The number of hydrogen-bond donors (Lipinski definition) is 3. The Morgan fingerprint density at radius 1 is 1.06 bits per heavy atom. The molecule has 8 heteroatoms. The average molecular weight is 454 g/mol. The fourth-order valence-electron chi connectivity index (χ4n) is 4.74. The van der Waals surface area contributed by atoms with Gasteiger partial charge in [-0.1, -0.05) is 12.1 Å². The molecule has 3 N–H and O–H groups in total. The first-order valence-electron chi connectivity index (χ1n) is 11.6. The van der Waals surface area contributed by atoms with Crippen LogP contribution in [0.5, 0.6) is 0 Å². The molecular formula is C24H31N5O2S.